The molecule has 1 unspecified atom stereocenters. The Labute approximate surface area is 100 Å². The second kappa shape index (κ2) is 4.14. The first-order chi connectivity index (χ1) is 8.24. The van der Waals surface area contributed by atoms with Gasteiger partial charge in [0.05, 0.1) is 11.9 Å². The Morgan fingerprint density at radius 1 is 1.35 bits per heavy atom. The summed E-state index contributed by atoms with van der Waals surface area (Å²) >= 11 is 0. The second-order valence-corrected chi connectivity index (χ2v) is 4.84. The summed E-state index contributed by atoms with van der Waals surface area (Å²) in [5.74, 6) is 0.365. The molecule has 3 rings (SSSR count). The van der Waals surface area contributed by atoms with Crippen molar-refractivity contribution in [2.24, 2.45) is 0 Å². The van der Waals surface area contributed by atoms with Crippen LogP contribution in [-0.4, -0.2) is 42.1 Å². The molecule has 1 atom stereocenters. The minimum absolute atomic E-state index is 0.370. The number of hydrogen-bond donors (Lipinski definition) is 1. The molecule has 2 saturated heterocycles. The number of halogens is 1. The summed E-state index contributed by atoms with van der Waals surface area (Å²) in [6.45, 7) is 4.16. The first-order valence-corrected chi connectivity index (χ1v) is 6.14. The predicted molar refractivity (Wildman–Crippen MR) is 65.4 cm³/mol. The van der Waals surface area contributed by atoms with Crippen molar-refractivity contribution in [3.05, 3.63) is 18.1 Å². The zero-order chi connectivity index (χ0) is 11.8. The lowest BCUT2D eigenvalue weighted by Gasteiger charge is -2.38. The number of aromatic nitrogens is 1. The number of fused-ring (bicyclic) bond motifs is 1. The SMILES string of the molecule is Nc1cc(F)cnc1N1CCN2CCCC2C1. The summed E-state index contributed by atoms with van der Waals surface area (Å²) in [6, 6.07) is 1.97. The van der Waals surface area contributed by atoms with Crippen LogP contribution >= 0.6 is 0 Å². The number of piperazine rings is 1. The molecule has 2 aliphatic rings. The molecule has 4 nitrogen and oxygen atoms in total. The van der Waals surface area contributed by atoms with Crippen molar-refractivity contribution in [3.63, 3.8) is 0 Å². The van der Waals surface area contributed by atoms with E-state index in [2.05, 4.69) is 14.8 Å². The lowest BCUT2D eigenvalue weighted by Crippen LogP contribution is -2.50. The maximum atomic E-state index is 13.0. The lowest BCUT2D eigenvalue weighted by molar-refractivity contribution is 0.230. The Morgan fingerprint density at radius 3 is 3.06 bits per heavy atom. The molecule has 0 aromatic carbocycles. The van der Waals surface area contributed by atoms with Gasteiger partial charge in [-0.15, -0.1) is 0 Å². The quantitative estimate of drug-likeness (QED) is 0.792. The molecule has 1 aromatic rings. The number of nitrogen functional groups attached to an aromatic ring is 1. The van der Waals surface area contributed by atoms with E-state index in [1.165, 1.54) is 31.6 Å². The zero-order valence-electron chi connectivity index (χ0n) is 9.77. The first kappa shape index (κ1) is 10.8. The van der Waals surface area contributed by atoms with Gasteiger partial charge in [0.25, 0.3) is 0 Å². The van der Waals surface area contributed by atoms with E-state index in [9.17, 15) is 4.39 Å². The molecule has 0 saturated carbocycles. The van der Waals surface area contributed by atoms with Crippen LogP contribution in [0.1, 0.15) is 12.8 Å². The highest BCUT2D eigenvalue weighted by Crippen LogP contribution is 2.27. The highest BCUT2D eigenvalue weighted by Gasteiger charge is 2.31. The van der Waals surface area contributed by atoms with E-state index in [1.54, 1.807) is 0 Å². The second-order valence-electron chi connectivity index (χ2n) is 4.84. The van der Waals surface area contributed by atoms with E-state index < -0.39 is 0 Å². The molecule has 0 aliphatic carbocycles. The standard InChI is InChI=1S/C12H17FN4/c13-9-6-11(14)12(15-7-9)17-5-4-16-3-1-2-10(16)8-17/h6-7,10H,1-5,8,14H2. The first-order valence-electron chi connectivity index (χ1n) is 6.14. The summed E-state index contributed by atoms with van der Waals surface area (Å²) < 4.78 is 13.0. The Hall–Kier alpha value is -1.36. The van der Waals surface area contributed by atoms with Gasteiger partial charge in [-0.25, -0.2) is 9.37 Å². The van der Waals surface area contributed by atoms with Crippen LogP contribution in [0.25, 0.3) is 0 Å². The van der Waals surface area contributed by atoms with E-state index in [1.807, 2.05) is 0 Å². The van der Waals surface area contributed by atoms with Crippen LogP contribution in [0.15, 0.2) is 12.3 Å². The lowest BCUT2D eigenvalue weighted by atomic mass is 10.1. The monoisotopic (exact) mass is 236 g/mol. The fourth-order valence-corrected chi connectivity index (χ4v) is 2.90. The molecule has 3 heterocycles. The van der Waals surface area contributed by atoms with Gasteiger partial charge in [-0.1, -0.05) is 0 Å². The van der Waals surface area contributed by atoms with Crippen molar-refractivity contribution in [1.82, 2.24) is 9.88 Å². The van der Waals surface area contributed by atoms with Crippen LogP contribution in [0, 0.1) is 5.82 Å². The maximum absolute atomic E-state index is 13.0. The van der Waals surface area contributed by atoms with Crippen LogP contribution in [0.2, 0.25) is 0 Å². The van der Waals surface area contributed by atoms with Gasteiger partial charge in [0, 0.05) is 31.7 Å². The summed E-state index contributed by atoms with van der Waals surface area (Å²) in [6.07, 6.45) is 3.77. The van der Waals surface area contributed by atoms with Crippen molar-refractivity contribution >= 4 is 11.5 Å². The van der Waals surface area contributed by atoms with Gasteiger partial charge in [-0.3, -0.25) is 4.90 Å². The molecule has 5 heteroatoms. The Bertz CT molecular complexity index is 423. The molecule has 17 heavy (non-hydrogen) atoms. The van der Waals surface area contributed by atoms with Gasteiger partial charge < -0.3 is 10.6 Å². The van der Waals surface area contributed by atoms with Gasteiger partial charge in [0.1, 0.15) is 5.82 Å². The summed E-state index contributed by atoms with van der Waals surface area (Å²) in [4.78, 5) is 8.83. The molecular weight excluding hydrogens is 219 g/mol. The van der Waals surface area contributed by atoms with E-state index in [4.69, 9.17) is 5.73 Å². The summed E-state index contributed by atoms with van der Waals surface area (Å²) in [7, 11) is 0. The average molecular weight is 236 g/mol. The molecule has 2 fully saturated rings. The van der Waals surface area contributed by atoms with Gasteiger partial charge in [-0.05, 0) is 19.4 Å². The van der Waals surface area contributed by atoms with Crippen LogP contribution in [0.4, 0.5) is 15.9 Å². The predicted octanol–water partition coefficient (Wildman–Crippen LogP) is 1.09. The molecule has 2 N–H and O–H groups in total. The molecule has 92 valence electrons. The molecule has 0 radical (unpaired) electrons. The fraction of sp³-hybridized carbons (Fsp3) is 0.583. The van der Waals surface area contributed by atoms with E-state index in [0.29, 0.717) is 11.7 Å². The van der Waals surface area contributed by atoms with E-state index in [-0.39, 0.29) is 5.82 Å². The molecule has 0 bridgehead atoms. The topological polar surface area (TPSA) is 45.4 Å². The van der Waals surface area contributed by atoms with Crippen molar-refractivity contribution in [2.75, 3.05) is 36.8 Å². The molecule has 0 amide bonds. The van der Waals surface area contributed by atoms with Crippen molar-refractivity contribution < 1.29 is 4.39 Å². The van der Waals surface area contributed by atoms with E-state index in [0.717, 1.165) is 25.5 Å². The molecule has 1 aromatic heterocycles. The average Bonchev–Trinajstić information content (AvgIpc) is 2.75. The highest BCUT2D eigenvalue weighted by molar-refractivity contribution is 5.62. The number of nitrogens with zero attached hydrogens (tertiary/aromatic N) is 3. The third-order valence-corrected chi connectivity index (χ3v) is 3.75. The van der Waals surface area contributed by atoms with Crippen LogP contribution in [0.3, 0.4) is 0 Å². The number of rotatable bonds is 1. The van der Waals surface area contributed by atoms with Gasteiger partial charge in [-0.2, -0.15) is 0 Å². The molecule has 2 aliphatic heterocycles. The maximum Gasteiger partial charge on any atom is 0.152 e. The highest BCUT2D eigenvalue weighted by atomic mass is 19.1. The Kier molecular flexibility index (Phi) is 2.63. The summed E-state index contributed by atoms with van der Waals surface area (Å²) in [5.41, 5.74) is 6.27. The number of hydrogen-bond acceptors (Lipinski definition) is 4. The van der Waals surface area contributed by atoms with E-state index >= 15 is 0 Å². The van der Waals surface area contributed by atoms with Gasteiger partial charge in [0.2, 0.25) is 0 Å². The smallest absolute Gasteiger partial charge is 0.152 e. The largest absolute Gasteiger partial charge is 0.396 e. The Balaban J connectivity index is 1.80. The zero-order valence-corrected chi connectivity index (χ0v) is 9.77. The van der Waals surface area contributed by atoms with Crippen molar-refractivity contribution in [2.45, 2.75) is 18.9 Å². The van der Waals surface area contributed by atoms with Crippen LogP contribution in [-0.2, 0) is 0 Å². The number of anilines is 2. The molecule has 0 spiro atoms. The minimum Gasteiger partial charge on any atom is -0.396 e. The third kappa shape index (κ3) is 1.95. The molecular formula is C12H17FN4. The third-order valence-electron chi connectivity index (χ3n) is 3.75. The van der Waals surface area contributed by atoms with Crippen LogP contribution < -0.4 is 10.6 Å². The number of nitrogens with two attached hydrogens (primary N) is 1. The minimum atomic E-state index is -0.370. The van der Waals surface area contributed by atoms with Crippen molar-refractivity contribution in [1.29, 1.82) is 0 Å². The Morgan fingerprint density at radius 2 is 2.24 bits per heavy atom. The van der Waals surface area contributed by atoms with Gasteiger partial charge >= 0.3 is 0 Å². The normalized spacial score (nSPS) is 25.0. The van der Waals surface area contributed by atoms with Gasteiger partial charge in [0.15, 0.2) is 5.82 Å². The fourth-order valence-electron chi connectivity index (χ4n) is 2.90. The van der Waals surface area contributed by atoms with Crippen LogP contribution in [0.5, 0.6) is 0 Å². The summed E-state index contributed by atoms with van der Waals surface area (Å²) in [5, 5.41) is 0. The number of pyridine rings is 1. The van der Waals surface area contributed by atoms with Crippen molar-refractivity contribution in [3.8, 4) is 0 Å².